The maximum atomic E-state index is 14.2. The van der Waals surface area contributed by atoms with Gasteiger partial charge in [0.25, 0.3) is 0 Å². The highest BCUT2D eigenvalue weighted by molar-refractivity contribution is 5.85. The summed E-state index contributed by atoms with van der Waals surface area (Å²) in [7, 11) is 0. The molecule has 0 atom stereocenters. The van der Waals surface area contributed by atoms with Gasteiger partial charge < -0.3 is 15.2 Å². The first-order valence-electron chi connectivity index (χ1n) is 8.16. The number of nitrogens with two attached hydrogens (primary N) is 1. The van der Waals surface area contributed by atoms with Gasteiger partial charge in [0.1, 0.15) is 19.0 Å². The van der Waals surface area contributed by atoms with Gasteiger partial charge in [-0.05, 0) is 29.3 Å². The van der Waals surface area contributed by atoms with E-state index in [0.29, 0.717) is 18.9 Å². The molecular weight excluding hydrogens is 353 g/mol. The number of rotatable bonds is 7. The summed E-state index contributed by atoms with van der Waals surface area (Å²) < 4.78 is 25.5. The highest BCUT2D eigenvalue weighted by atomic mass is 35.5. The summed E-state index contributed by atoms with van der Waals surface area (Å²) in [4.78, 5) is 0. The second-order valence-electron chi connectivity index (χ2n) is 5.55. The standard InChI is InChI=1S/C21H20FNO2.ClH/c22-19-14-17(10-11-21(19)24-13-12-23)18-8-4-5-9-20(18)25-15-16-6-2-1-3-7-16;/h1-11,14H,12-13,15,23H2;1H. The Morgan fingerprint density at radius 2 is 1.54 bits per heavy atom. The second kappa shape index (κ2) is 9.80. The van der Waals surface area contributed by atoms with Gasteiger partial charge in [0.05, 0.1) is 0 Å². The van der Waals surface area contributed by atoms with Crippen LogP contribution in [0.2, 0.25) is 0 Å². The fraction of sp³-hybridized carbons (Fsp3) is 0.143. The van der Waals surface area contributed by atoms with Crippen LogP contribution in [-0.4, -0.2) is 13.2 Å². The zero-order chi connectivity index (χ0) is 17.5. The maximum Gasteiger partial charge on any atom is 0.165 e. The van der Waals surface area contributed by atoms with Crippen LogP contribution >= 0.6 is 12.4 Å². The smallest absolute Gasteiger partial charge is 0.165 e. The average Bonchev–Trinajstić information content (AvgIpc) is 2.66. The summed E-state index contributed by atoms with van der Waals surface area (Å²) in [5, 5.41) is 0. The molecule has 0 spiro atoms. The van der Waals surface area contributed by atoms with Crippen LogP contribution in [0.3, 0.4) is 0 Å². The molecule has 136 valence electrons. The number of hydrogen-bond donors (Lipinski definition) is 1. The molecule has 3 aromatic carbocycles. The third-order valence-electron chi connectivity index (χ3n) is 3.74. The van der Waals surface area contributed by atoms with Crippen molar-refractivity contribution >= 4 is 12.4 Å². The maximum absolute atomic E-state index is 14.2. The molecule has 0 aliphatic heterocycles. The van der Waals surface area contributed by atoms with Gasteiger partial charge >= 0.3 is 0 Å². The van der Waals surface area contributed by atoms with E-state index < -0.39 is 5.82 Å². The molecule has 0 heterocycles. The van der Waals surface area contributed by atoms with Crippen LogP contribution in [0.5, 0.6) is 11.5 Å². The van der Waals surface area contributed by atoms with Crippen LogP contribution in [-0.2, 0) is 6.61 Å². The topological polar surface area (TPSA) is 44.5 Å². The lowest BCUT2D eigenvalue weighted by molar-refractivity contribution is 0.307. The van der Waals surface area contributed by atoms with E-state index in [2.05, 4.69) is 0 Å². The summed E-state index contributed by atoms with van der Waals surface area (Å²) in [5.41, 5.74) is 8.04. The molecule has 0 amide bonds. The first-order chi connectivity index (χ1) is 12.3. The Hall–Kier alpha value is -2.56. The molecule has 5 heteroatoms. The fourth-order valence-corrected chi connectivity index (χ4v) is 2.52. The van der Waals surface area contributed by atoms with Gasteiger partial charge in [0.15, 0.2) is 11.6 Å². The van der Waals surface area contributed by atoms with Gasteiger partial charge in [0, 0.05) is 12.1 Å². The third-order valence-corrected chi connectivity index (χ3v) is 3.74. The first kappa shape index (κ1) is 19.8. The van der Waals surface area contributed by atoms with Crippen molar-refractivity contribution in [1.82, 2.24) is 0 Å². The van der Waals surface area contributed by atoms with Crippen molar-refractivity contribution in [2.45, 2.75) is 6.61 Å². The van der Waals surface area contributed by atoms with Crippen LogP contribution < -0.4 is 15.2 Å². The Labute approximate surface area is 159 Å². The largest absolute Gasteiger partial charge is 0.489 e. The lowest BCUT2D eigenvalue weighted by atomic mass is 10.0. The van der Waals surface area contributed by atoms with Crippen LogP contribution in [0.4, 0.5) is 4.39 Å². The highest BCUT2D eigenvalue weighted by Crippen LogP contribution is 2.32. The lowest BCUT2D eigenvalue weighted by Gasteiger charge is -2.13. The van der Waals surface area contributed by atoms with Gasteiger partial charge in [-0.15, -0.1) is 12.4 Å². The molecule has 0 saturated heterocycles. The van der Waals surface area contributed by atoms with Crippen LogP contribution in [0, 0.1) is 5.82 Å². The summed E-state index contributed by atoms with van der Waals surface area (Å²) >= 11 is 0. The SMILES string of the molecule is Cl.NCCOc1ccc(-c2ccccc2OCc2ccccc2)cc1F. The molecule has 3 nitrogen and oxygen atoms in total. The van der Waals surface area contributed by atoms with Crippen molar-refractivity contribution in [1.29, 1.82) is 0 Å². The van der Waals surface area contributed by atoms with E-state index in [0.717, 1.165) is 16.7 Å². The molecular formula is C21H21ClFNO2. The van der Waals surface area contributed by atoms with Gasteiger partial charge in [-0.2, -0.15) is 0 Å². The monoisotopic (exact) mass is 373 g/mol. The van der Waals surface area contributed by atoms with Gasteiger partial charge in [-0.3, -0.25) is 0 Å². The zero-order valence-electron chi connectivity index (χ0n) is 14.2. The fourth-order valence-electron chi connectivity index (χ4n) is 2.52. The quantitative estimate of drug-likeness (QED) is 0.645. The Bertz CT molecular complexity index is 827. The minimum Gasteiger partial charge on any atom is -0.489 e. The molecule has 0 aromatic heterocycles. The molecule has 26 heavy (non-hydrogen) atoms. The van der Waals surface area contributed by atoms with Gasteiger partial charge in [-0.25, -0.2) is 4.39 Å². The van der Waals surface area contributed by atoms with Crippen molar-refractivity contribution in [3.05, 3.63) is 84.2 Å². The zero-order valence-corrected chi connectivity index (χ0v) is 15.0. The van der Waals surface area contributed by atoms with E-state index >= 15 is 0 Å². The number of benzene rings is 3. The Kier molecular flexibility index (Phi) is 7.45. The van der Waals surface area contributed by atoms with Crippen LogP contribution in [0.1, 0.15) is 5.56 Å². The van der Waals surface area contributed by atoms with E-state index in [1.165, 1.54) is 6.07 Å². The molecule has 0 radical (unpaired) electrons. The Morgan fingerprint density at radius 1 is 0.808 bits per heavy atom. The number of para-hydroxylation sites is 1. The molecule has 0 unspecified atom stereocenters. The molecule has 0 fully saturated rings. The molecule has 3 aromatic rings. The van der Waals surface area contributed by atoms with Gasteiger partial charge in [-0.1, -0.05) is 54.6 Å². The van der Waals surface area contributed by atoms with Crippen molar-refractivity contribution in [3.63, 3.8) is 0 Å². The molecule has 0 saturated carbocycles. The van der Waals surface area contributed by atoms with Gasteiger partial charge in [0.2, 0.25) is 0 Å². The normalized spacial score (nSPS) is 10.1. The average molecular weight is 374 g/mol. The minimum atomic E-state index is -0.413. The van der Waals surface area contributed by atoms with Crippen LogP contribution in [0.15, 0.2) is 72.8 Å². The molecule has 3 rings (SSSR count). The minimum absolute atomic E-state index is 0. The van der Waals surface area contributed by atoms with E-state index in [4.69, 9.17) is 15.2 Å². The Morgan fingerprint density at radius 3 is 2.27 bits per heavy atom. The molecule has 0 aliphatic carbocycles. The van der Waals surface area contributed by atoms with Crippen molar-refractivity contribution in [2.75, 3.05) is 13.2 Å². The molecule has 0 aliphatic rings. The predicted molar refractivity (Wildman–Crippen MR) is 104 cm³/mol. The highest BCUT2D eigenvalue weighted by Gasteiger charge is 2.10. The lowest BCUT2D eigenvalue weighted by Crippen LogP contribution is -2.11. The third kappa shape index (κ3) is 4.97. The molecule has 0 bridgehead atoms. The van der Waals surface area contributed by atoms with Crippen LogP contribution in [0.25, 0.3) is 11.1 Å². The summed E-state index contributed by atoms with van der Waals surface area (Å²) in [6, 6.07) is 22.4. The van der Waals surface area contributed by atoms with E-state index in [1.807, 2.05) is 60.7 Å². The number of hydrogen-bond acceptors (Lipinski definition) is 3. The molecule has 2 N–H and O–H groups in total. The summed E-state index contributed by atoms with van der Waals surface area (Å²) in [6.45, 7) is 1.09. The van der Waals surface area contributed by atoms with Crippen molar-refractivity contribution < 1.29 is 13.9 Å². The summed E-state index contributed by atoms with van der Waals surface area (Å²) in [5.74, 6) is 0.502. The van der Waals surface area contributed by atoms with E-state index in [-0.39, 0.29) is 24.8 Å². The number of ether oxygens (including phenoxy) is 2. The predicted octanol–water partition coefficient (Wildman–Crippen LogP) is 4.83. The van der Waals surface area contributed by atoms with Crippen molar-refractivity contribution in [2.24, 2.45) is 5.73 Å². The first-order valence-corrected chi connectivity index (χ1v) is 8.16. The Balaban J connectivity index is 0.00000243. The summed E-state index contributed by atoms with van der Waals surface area (Å²) in [6.07, 6.45) is 0. The van der Waals surface area contributed by atoms with E-state index in [1.54, 1.807) is 6.07 Å². The second-order valence-corrected chi connectivity index (χ2v) is 5.55. The number of halogens is 2. The van der Waals surface area contributed by atoms with Crippen molar-refractivity contribution in [3.8, 4) is 22.6 Å². The van der Waals surface area contributed by atoms with E-state index in [9.17, 15) is 4.39 Å².